The lowest BCUT2D eigenvalue weighted by Crippen LogP contribution is -2.31. The summed E-state index contributed by atoms with van der Waals surface area (Å²) in [5.41, 5.74) is 0.320. The third kappa shape index (κ3) is 25.5. The number of amides is 2. The topological polar surface area (TPSA) is 113 Å². The lowest BCUT2D eigenvalue weighted by Gasteiger charge is -2.14. The number of nitrogens with zero attached hydrogens (tertiary/aromatic N) is 1. The number of hydrogen-bond acceptors (Lipinski definition) is 7. The van der Waals surface area contributed by atoms with Crippen molar-refractivity contribution in [2.24, 2.45) is 5.92 Å². The van der Waals surface area contributed by atoms with Crippen molar-refractivity contribution in [1.29, 1.82) is 0 Å². The lowest BCUT2D eigenvalue weighted by molar-refractivity contribution is -0.151. The average molecular weight is 441 g/mol. The van der Waals surface area contributed by atoms with Gasteiger partial charge in [-0.2, -0.15) is 5.06 Å². The van der Waals surface area contributed by atoms with Crippen molar-refractivity contribution in [1.82, 2.24) is 10.4 Å². The summed E-state index contributed by atoms with van der Waals surface area (Å²) >= 11 is 0. The summed E-state index contributed by atoms with van der Waals surface area (Å²) in [6.07, 6.45) is 2.19. The van der Waals surface area contributed by atoms with Gasteiger partial charge in [-0.3, -0.25) is 14.8 Å². The molecular weight excluding hydrogens is 400 g/mol. The van der Waals surface area contributed by atoms with Crippen LogP contribution in [0.15, 0.2) is 30.3 Å². The first-order chi connectivity index (χ1) is 14.4. The zero-order chi connectivity index (χ0) is 24.9. The van der Waals surface area contributed by atoms with E-state index in [1.165, 1.54) is 12.1 Å². The Kier molecular flexibility index (Phi) is 22.3. The zero-order valence-corrected chi connectivity index (χ0v) is 20.2. The SMILES string of the molecule is CC(=O)N(O)C(=O)c1ccccc1.CNCC(C)C.COC(C)(C)C.O=CCCC=O. The Hall–Kier alpha value is -2.42. The van der Waals surface area contributed by atoms with E-state index in [2.05, 4.69) is 19.2 Å². The van der Waals surface area contributed by atoms with E-state index in [1.807, 2.05) is 27.8 Å². The van der Waals surface area contributed by atoms with Gasteiger partial charge in [0.15, 0.2) is 0 Å². The minimum Gasteiger partial charge on any atom is -0.379 e. The van der Waals surface area contributed by atoms with Gasteiger partial charge in [0.05, 0.1) is 5.60 Å². The van der Waals surface area contributed by atoms with Crippen LogP contribution < -0.4 is 5.32 Å². The summed E-state index contributed by atoms with van der Waals surface area (Å²) in [4.78, 5) is 40.7. The van der Waals surface area contributed by atoms with Crippen molar-refractivity contribution < 1.29 is 29.1 Å². The van der Waals surface area contributed by atoms with Crippen molar-refractivity contribution in [3.8, 4) is 0 Å². The Morgan fingerprint density at radius 1 is 1.10 bits per heavy atom. The van der Waals surface area contributed by atoms with Crippen LogP contribution in [0.25, 0.3) is 0 Å². The summed E-state index contributed by atoms with van der Waals surface area (Å²) in [5.74, 6) is -0.628. The van der Waals surface area contributed by atoms with Crippen LogP contribution in [0.5, 0.6) is 0 Å². The molecule has 0 fully saturated rings. The molecule has 0 aromatic heterocycles. The Bertz CT molecular complexity index is 590. The number of carbonyl (C=O) groups is 4. The van der Waals surface area contributed by atoms with Gasteiger partial charge in [-0.15, -0.1) is 0 Å². The van der Waals surface area contributed by atoms with Gasteiger partial charge in [-0.05, 0) is 52.4 Å². The first-order valence-electron chi connectivity index (χ1n) is 10.0. The number of aldehydes is 2. The van der Waals surface area contributed by atoms with Crippen LogP contribution in [0.2, 0.25) is 0 Å². The number of imide groups is 1. The quantitative estimate of drug-likeness (QED) is 0.301. The van der Waals surface area contributed by atoms with Gasteiger partial charge in [0.2, 0.25) is 5.91 Å². The van der Waals surface area contributed by atoms with Crippen LogP contribution in [-0.2, 0) is 19.1 Å². The number of rotatable bonds is 6. The number of methoxy groups -OCH3 is 1. The third-order valence-electron chi connectivity index (χ3n) is 3.14. The molecule has 0 unspecified atom stereocenters. The van der Waals surface area contributed by atoms with E-state index < -0.39 is 11.8 Å². The van der Waals surface area contributed by atoms with Crippen LogP contribution in [0.4, 0.5) is 0 Å². The summed E-state index contributed by atoms with van der Waals surface area (Å²) in [5, 5.41) is 12.1. The number of nitrogens with one attached hydrogen (secondary N) is 1. The molecule has 2 amide bonds. The molecule has 2 N–H and O–H groups in total. The number of ether oxygens (including phenoxy) is 1. The molecule has 8 heteroatoms. The fourth-order valence-electron chi connectivity index (χ4n) is 1.39. The molecule has 0 saturated heterocycles. The van der Waals surface area contributed by atoms with Crippen molar-refractivity contribution in [3.05, 3.63) is 35.9 Å². The molecule has 0 aliphatic heterocycles. The monoisotopic (exact) mass is 440 g/mol. The van der Waals surface area contributed by atoms with Crippen LogP contribution >= 0.6 is 0 Å². The standard InChI is InChI=1S/C9H9NO3.C5H13N.C5H12O.C4H6O2/c1-7(11)10(13)9(12)8-5-3-2-4-6-8;1-5(2)4-6-3;1-5(2,3)6-4;5-3-1-2-4-6/h2-6,13H,1H3;5-6H,4H2,1-3H3;1-4H3;3-4H,1-2H2. The Morgan fingerprint density at radius 2 is 1.52 bits per heavy atom. The van der Waals surface area contributed by atoms with Gasteiger partial charge >= 0.3 is 0 Å². The van der Waals surface area contributed by atoms with Gasteiger partial charge in [-0.1, -0.05) is 32.0 Å². The van der Waals surface area contributed by atoms with Crippen molar-refractivity contribution in [2.75, 3.05) is 20.7 Å². The van der Waals surface area contributed by atoms with Crippen molar-refractivity contribution >= 4 is 24.4 Å². The van der Waals surface area contributed by atoms with Crippen LogP contribution in [-0.4, -0.2) is 61.0 Å². The van der Waals surface area contributed by atoms with Gasteiger partial charge < -0.3 is 19.6 Å². The molecule has 0 bridgehead atoms. The van der Waals surface area contributed by atoms with Gasteiger partial charge in [0.1, 0.15) is 12.6 Å². The molecule has 1 aromatic carbocycles. The molecule has 0 heterocycles. The minimum atomic E-state index is -0.715. The predicted molar refractivity (Wildman–Crippen MR) is 122 cm³/mol. The number of hydrogen-bond donors (Lipinski definition) is 2. The Morgan fingerprint density at radius 3 is 1.74 bits per heavy atom. The molecule has 0 radical (unpaired) electrons. The van der Waals surface area contributed by atoms with E-state index in [-0.39, 0.29) is 16.2 Å². The first-order valence-corrected chi connectivity index (χ1v) is 10.0. The highest BCUT2D eigenvalue weighted by Crippen LogP contribution is 2.03. The molecular formula is C23H40N2O6. The van der Waals surface area contributed by atoms with E-state index in [4.69, 9.17) is 9.94 Å². The van der Waals surface area contributed by atoms with E-state index in [1.54, 1.807) is 25.3 Å². The van der Waals surface area contributed by atoms with E-state index in [0.717, 1.165) is 32.0 Å². The maximum Gasteiger partial charge on any atom is 0.284 e. The van der Waals surface area contributed by atoms with E-state index >= 15 is 0 Å². The molecule has 1 aromatic rings. The van der Waals surface area contributed by atoms with Crippen molar-refractivity contribution in [2.45, 2.75) is 60.0 Å². The number of carbonyl (C=O) groups excluding carboxylic acids is 4. The van der Waals surface area contributed by atoms with Crippen LogP contribution in [0, 0.1) is 5.92 Å². The first kappa shape index (κ1) is 33.2. The van der Waals surface area contributed by atoms with Crippen LogP contribution in [0.3, 0.4) is 0 Å². The highest BCUT2D eigenvalue weighted by molar-refractivity contribution is 6.02. The minimum absolute atomic E-state index is 0.0417. The summed E-state index contributed by atoms with van der Waals surface area (Å²) in [6.45, 7) is 12.7. The second-order valence-electron chi connectivity index (χ2n) is 7.68. The molecule has 0 saturated carbocycles. The van der Waals surface area contributed by atoms with Crippen LogP contribution in [0.1, 0.15) is 64.7 Å². The zero-order valence-electron chi connectivity index (χ0n) is 20.2. The second kappa shape index (κ2) is 20.8. The molecule has 178 valence electrons. The third-order valence-corrected chi connectivity index (χ3v) is 3.14. The largest absolute Gasteiger partial charge is 0.379 e. The van der Waals surface area contributed by atoms with Gasteiger partial charge in [0.25, 0.3) is 5.91 Å². The predicted octanol–water partition coefficient (Wildman–Crippen LogP) is 3.52. The molecule has 1 rings (SSSR count). The normalized spacial score (nSPS) is 9.61. The fourth-order valence-corrected chi connectivity index (χ4v) is 1.39. The van der Waals surface area contributed by atoms with E-state index in [9.17, 15) is 19.2 Å². The molecule has 8 nitrogen and oxygen atoms in total. The highest BCUT2D eigenvalue weighted by Gasteiger charge is 2.16. The summed E-state index contributed by atoms with van der Waals surface area (Å²) in [7, 11) is 3.68. The molecule has 0 spiro atoms. The highest BCUT2D eigenvalue weighted by atomic mass is 16.5. The Labute approximate surface area is 186 Å². The number of unbranched alkanes of at least 4 members (excludes halogenated alkanes) is 1. The smallest absolute Gasteiger partial charge is 0.284 e. The molecule has 0 aliphatic rings. The maximum absolute atomic E-state index is 11.2. The average Bonchev–Trinajstić information content (AvgIpc) is 2.72. The van der Waals surface area contributed by atoms with E-state index in [0.29, 0.717) is 12.8 Å². The lowest BCUT2D eigenvalue weighted by atomic mass is 10.2. The maximum atomic E-state index is 11.2. The number of hydroxylamine groups is 2. The van der Waals surface area contributed by atoms with Gasteiger partial charge in [-0.25, -0.2) is 0 Å². The van der Waals surface area contributed by atoms with Crippen molar-refractivity contribution in [3.63, 3.8) is 0 Å². The molecule has 0 aliphatic carbocycles. The summed E-state index contributed by atoms with van der Waals surface area (Å²) < 4.78 is 4.94. The molecule has 31 heavy (non-hydrogen) atoms. The number of benzene rings is 1. The summed E-state index contributed by atoms with van der Waals surface area (Å²) in [6, 6.07) is 8.09. The fraction of sp³-hybridized carbons (Fsp3) is 0.565. The van der Waals surface area contributed by atoms with Gasteiger partial charge in [0, 0.05) is 32.4 Å². The molecule has 0 atom stereocenters. The Balaban J connectivity index is -0.000000370. The second-order valence-corrected chi connectivity index (χ2v) is 7.68.